The first-order valence-electron chi connectivity index (χ1n) is 14.7. The van der Waals surface area contributed by atoms with E-state index in [0.717, 1.165) is 62.9 Å². The van der Waals surface area contributed by atoms with Crippen LogP contribution in [0.3, 0.4) is 0 Å². The summed E-state index contributed by atoms with van der Waals surface area (Å²) in [6, 6.07) is 16.9. The summed E-state index contributed by atoms with van der Waals surface area (Å²) in [5.41, 5.74) is 7.25. The molecule has 224 valence electrons. The largest absolute Gasteiger partial charge is 0.489 e. The number of rotatable bonds is 8. The van der Waals surface area contributed by atoms with Gasteiger partial charge in [0.05, 0.1) is 29.2 Å². The van der Waals surface area contributed by atoms with Crippen LogP contribution in [0.15, 0.2) is 73.2 Å². The molecule has 0 amide bonds. The Bertz CT molecular complexity index is 2100. The molecule has 1 saturated carbocycles. The number of halogens is 1. The molecule has 1 fully saturated rings. The number of aromatic nitrogens is 5. The average Bonchev–Trinajstić information content (AvgIpc) is 3.64. The molecule has 0 aliphatic heterocycles. The van der Waals surface area contributed by atoms with E-state index in [2.05, 4.69) is 53.9 Å². The predicted octanol–water partition coefficient (Wildman–Crippen LogP) is 7.04. The lowest BCUT2D eigenvalue weighted by molar-refractivity contribution is 0.154. The number of aromatic amines is 2. The maximum absolute atomic E-state index is 14.7. The summed E-state index contributed by atoms with van der Waals surface area (Å²) >= 11 is 0. The molecule has 8 nitrogen and oxygen atoms in total. The lowest BCUT2D eigenvalue weighted by Crippen LogP contribution is -2.21. The van der Waals surface area contributed by atoms with Crippen molar-refractivity contribution in [1.29, 1.82) is 0 Å². The Labute approximate surface area is 255 Å². The number of hydrogen-bond acceptors (Lipinski definition) is 5. The van der Waals surface area contributed by atoms with Crippen molar-refractivity contribution in [2.45, 2.75) is 44.8 Å². The summed E-state index contributed by atoms with van der Waals surface area (Å²) in [4.78, 5) is 12.6. The molecule has 0 radical (unpaired) electrons. The molecule has 1 aliphatic rings. The molecule has 44 heavy (non-hydrogen) atoms. The Morgan fingerprint density at radius 1 is 0.955 bits per heavy atom. The molecule has 0 bridgehead atoms. The van der Waals surface area contributed by atoms with Gasteiger partial charge in [0.25, 0.3) is 0 Å². The Balaban J connectivity index is 1.23. The molecule has 1 aliphatic carbocycles. The van der Waals surface area contributed by atoms with Crippen LogP contribution in [-0.4, -0.2) is 47.6 Å². The van der Waals surface area contributed by atoms with Crippen LogP contribution in [0.25, 0.3) is 55.6 Å². The molecule has 3 N–H and O–H groups in total. The molecule has 0 spiro atoms. The van der Waals surface area contributed by atoms with E-state index < -0.39 is 15.5 Å². The SMILES string of the molecule is C=S(C)(=O)NCc1cc(F)cc(-c2nccc3[nH]c(-c4n[nH]c5ccc(-c6cncc(OC7CCCCC7)c6)cc45)cc23)c1. The van der Waals surface area contributed by atoms with Crippen LogP contribution in [0.1, 0.15) is 37.7 Å². The van der Waals surface area contributed by atoms with Gasteiger partial charge in [0.2, 0.25) is 0 Å². The zero-order valence-electron chi connectivity index (χ0n) is 24.4. The first-order chi connectivity index (χ1) is 21.3. The normalized spacial score (nSPS) is 15.5. The number of nitrogens with one attached hydrogen (secondary N) is 3. The van der Waals surface area contributed by atoms with Crippen LogP contribution < -0.4 is 9.46 Å². The van der Waals surface area contributed by atoms with Crippen molar-refractivity contribution in [2.75, 3.05) is 6.26 Å². The highest BCUT2D eigenvalue weighted by atomic mass is 32.2. The van der Waals surface area contributed by atoms with Crippen molar-refractivity contribution in [1.82, 2.24) is 29.9 Å². The van der Waals surface area contributed by atoms with Gasteiger partial charge in [-0.25, -0.2) is 9.11 Å². The Hall–Kier alpha value is -4.54. The number of nitrogens with zero attached hydrogens (tertiary/aromatic N) is 3. The van der Waals surface area contributed by atoms with Crippen molar-refractivity contribution in [3.05, 3.63) is 84.6 Å². The highest BCUT2D eigenvalue weighted by Gasteiger charge is 2.18. The molecule has 4 heterocycles. The van der Waals surface area contributed by atoms with E-state index in [-0.39, 0.29) is 12.6 Å². The summed E-state index contributed by atoms with van der Waals surface area (Å²) in [5.74, 6) is 4.02. The van der Waals surface area contributed by atoms with Gasteiger partial charge in [-0.3, -0.25) is 19.3 Å². The second kappa shape index (κ2) is 11.5. The minimum atomic E-state index is -2.43. The third-order valence-corrected chi connectivity index (χ3v) is 8.84. The van der Waals surface area contributed by atoms with Crippen molar-refractivity contribution in [3.63, 3.8) is 0 Å². The van der Waals surface area contributed by atoms with Crippen molar-refractivity contribution in [2.24, 2.45) is 0 Å². The topological polar surface area (TPSA) is 109 Å². The minimum Gasteiger partial charge on any atom is -0.489 e. The monoisotopic (exact) mass is 608 g/mol. The molecular weight excluding hydrogens is 575 g/mol. The van der Waals surface area contributed by atoms with Crippen molar-refractivity contribution >= 4 is 37.4 Å². The fourth-order valence-corrected chi connectivity index (χ4v) is 6.42. The Morgan fingerprint density at radius 3 is 2.64 bits per heavy atom. The number of fused-ring (bicyclic) bond motifs is 2. The smallest absolute Gasteiger partial charge is 0.138 e. The maximum Gasteiger partial charge on any atom is 0.138 e. The standard InChI is InChI=1S/C34H33FN6O2S/c1-44(2,42)38-18-21-12-23(14-25(35)13-21)33-29-17-32(39-30(29)10-11-37-33)34-28-16-22(8-9-31(28)40-41-34)24-15-27(20-36-19-24)43-26-6-4-3-5-7-26/h8-17,19-20,26,39H,1,3-7,18H2,2H3,(H,38,42)(H,40,41). The molecule has 10 heteroatoms. The molecule has 1 atom stereocenters. The van der Waals surface area contributed by atoms with Gasteiger partial charge in [-0.15, -0.1) is 0 Å². The van der Waals surface area contributed by atoms with Gasteiger partial charge in [-0.05, 0) is 91.2 Å². The van der Waals surface area contributed by atoms with Crippen LogP contribution in [-0.2, 0) is 16.3 Å². The molecule has 1 unspecified atom stereocenters. The number of ether oxygens (including phenoxy) is 1. The predicted molar refractivity (Wildman–Crippen MR) is 175 cm³/mol. The zero-order chi connectivity index (χ0) is 30.3. The lowest BCUT2D eigenvalue weighted by atomic mass is 9.98. The van der Waals surface area contributed by atoms with Crippen LogP contribution >= 0.6 is 0 Å². The van der Waals surface area contributed by atoms with Gasteiger partial charge in [0, 0.05) is 62.3 Å². The number of benzene rings is 2. The Morgan fingerprint density at radius 2 is 1.80 bits per heavy atom. The molecule has 4 aromatic heterocycles. The fourth-order valence-electron chi connectivity index (χ4n) is 5.95. The first-order valence-corrected chi connectivity index (χ1v) is 16.9. The second-order valence-electron chi connectivity index (χ2n) is 11.6. The van der Waals surface area contributed by atoms with Gasteiger partial charge in [-0.1, -0.05) is 12.5 Å². The van der Waals surface area contributed by atoms with Crippen LogP contribution in [0.2, 0.25) is 0 Å². The van der Waals surface area contributed by atoms with Crippen LogP contribution in [0, 0.1) is 5.82 Å². The summed E-state index contributed by atoms with van der Waals surface area (Å²) in [6.45, 7) is 0.227. The minimum absolute atomic E-state index is 0.227. The zero-order valence-corrected chi connectivity index (χ0v) is 25.2. The summed E-state index contributed by atoms with van der Waals surface area (Å²) < 4.78 is 35.8. The third-order valence-electron chi connectivity index (χ3n) is 8.08. The fraction of sp³-hybridized carbons (Fsp3) is 0.235. The van der Waals surface area contributed by atoms with Crippen molar-refractivity contribution < 1.29 is 13.3 Å². The van der Waals surface area contributed by atoms with Crippen LogP contribution in [0.5, 0.6) is 5.75 Å². The molecule has 2 aromatic carbocycles. The van der Waals surface area contributed by atoms with Gasteiger partial charge >= 0.3 is 0 Å². The van der Waals surface area contributed by atoms with Crippen LogP contribution in [0.4, 0.5) is 4.39 Å². The summed E-state index contributed by atoms with van der Waals surface area (Å²) in [7, 11) is -2.43. The number of pyridine rings is 2. The van der Waals surface area contributed by atoms with Crippen molar-refractivity contribution in [3.8, 4) is 39.5 Å². The van der Waals surface area contributed by atoms with E-state index >= 15 is 0 Å². The van der Waals surface area contributed by atoms with Gasteiger partial charge in [0.1, 0.15) is 17.3 Å². The molecular formula is C34H33FN6O2S. The molecule has 0 saturated heterocycles. The van der Waals surface area contributed by atoms with E-state index in [1.54, 1.807) is 12.4 Å². The summed E-state index contributed by atoms with van der Waals surface area (Å²) in [5, 5.41) is 9.60. The third kappa shape index (κ3) is 5.95. The van der Waals surface area contributed by atoms with E-state index in [9.17, 15) is 8.60 Å². The average molecular weight is 609 g/mol. The first kappa shape index (κ1) is 28.2. The molecule has 6 aromatic rings. The van der Waals surface area contributed by atoms with E-state index in [1.807, 2.05) is 30.5 Å². The Kier molecular flexibility index (Phi) is 7.39. The van der Waals surface area contributed by atoms with Gasteiger partial charge in [-0.2, -0.15) is 5.10 Å². The van der Waals surface area contributed by atoms with Gasteiger partial charge < -0.3 is 9.72 Å². The highest BCUT2D eigenvalue weighted by Crippen LogP contribution is 2.35. The summed E-state index contributed by atoms with van der Waals surface area (Å²) in [6.07, 6.45) is 13.0. The number of hydrogen-bond donors (Lipinski definition) is 3. The van der Waals surface area contributed by atoms with E-state index in [1.165, 1.54) is 37.7 Å². The highest BCUT2D eigenvalue weighted by molar-refractivity contribution is 7.97. The second-order valence-corrected chi connectivity index (χ2v) is 13.9. The molecule has 7 rings (SSSR count). The number of H-pyrrole nitrogens is 2. The lowest BCUT2D eigenvalue weighted by Gasteiger charge is -2.23. The maximum atomic E-state index is 14.7. The van der Waals surface area contributed by atoms with Gasteiger partial charge in [0.15, 0.2) is 0 Å². The van der Waals surface area contributed by atoms with E-state index in [0.29, 0.717) is 16.8 Å². The van der Waals surface area contributed by atoms with E-state index in [4.69, 9.17) is 4.74 Å². The quantitative estimate of drug-likeness (QED) is 0.161.